The number of ether oxygens (including phenoxy) is 1. The number of aliphatic hydroxyl groups is 1. The maximum atomic E-state index is 9.88. The molecule has 0 aromatic carbocycles. The zero-order chi connectivity index (χ0) is 11.5. The van der Waals surface area contributed by atoms with Crippen LogP contribution < -0.4 is 0 Å². The molecule has 0 spiro atoms. The maximum Gasteiger partial charge on any atom is 0.101 e. The van der Waals surface area contributed by atoms with Gasteiger partial charge in [-0.05, 0) is 39.7 Å². The Morgan fingerprint density at radius 2 is 2.20 bits per heavy atom. The summed E-state index contributed by atoms with van der Waals surface area (Å²) >= 11 is 0. The van der Waals surface area contributed by atoms with Gasteiger partial charge in [-0.15, -0.1) is 0 Å². The van der Waals surface area contributed by atoms with Crippen LogP contribution in [0, 0.1) is 6.92 Å². The molecule has 0 radical (unpaired) electrons. The summed E-state index contributed by atoms with van der Waals surface area (Å²) in [7, 11) is 1.69. The average Bonchev–Trinajstić information content (AvgIpc) is 2.61. The number of furan rings is 1. The van der Waals surface area contributed by atoms with Gasteiger partial charge < -0.3 is 14.3 Å². The molecule has 0 saturated heterocycles. The van der Waals surface area contributed by atoms with E-state index in [1.165, 1.54) is 0 Å². The van der Waals surface area contributed by atoms with Gasteiger partial charge in [-0.3, -0.25) is 0 Å². The van der Waals surface area contributed by atoms with E-state index in [2.05, 4.69) is 0 Å². The number of aryl methyl sites for hydroxylation is 1. The second kappa shape index (κ2) is 4.81. The Hall–Kier alpha value is -0.800. The van der Waals surface area contributed by atoms with E-state index < -0.39 is 6.10 Å². The van der Waals surface area contributed by atoms with Crippen molar-refractivity contribution in [3.05, 3.63) is 23.7 Å². The lowest BCUT2D eigenvalue weighted by Gasteiger charge is -2.23. The van der Waals surface area contributed by atoms with Crippen LogP contribution in [-0.2, 0) is 4.74 Å². The molecular formula is C12H20O3. The minimum Gasteiger partial charge on any atom is -0.469 e. The monoisotopic (exact) mass is 212 g/mol. The molecule has 0 fully saturated rings. The normalized spacial score (nSPS) is 14.2. The van der Waals surface area contributed by atoms with E-state index in [1.54, 1.807) is 13.4 Å². The van der Waals surface area contributed by atoms with Crippen molar-refractivity contribution >= 4 is 0 Å². The highest BCUT2D eigenvalue weighted by atomic mass is 16.5. The predicted molar refractivity (Wildman–Crippen MR) is 58.7 cm³/mol. The summed E-state index contributed by atoms with van der Waals surface area (Å²) in [5, 5.41) is 9.88. The Balaban J connectivity index is 2.46. The fraction of sp³-hybridized carbons (Fsp3) is 0.667. The van der Waals surface area contributed by atoms with Gasteiger partial charge in [0.1, 0.15) is 5.76 Å². The van der Waals surface area contributed by atoms with E-state index in [4.69, 9.17) is 9.15 Å². The fourth-order valence-corrected chi connectivity index (χ4v) is 1.39. The Morgan fingerprint density at radius 1 is 1.53 bits per heavy atom. The van der Waals surface area contributed by atoms with Crippen molar-refractivity contribution in [1.29, 1.82) is 0 Å². The Labute approximate surface area is 91.1 Å². The minimum absolute atomic E-state index is 0.181. The molecular weight excluding hydrogens is 192 g/mol. The third kappa shape index (κ3) is 3.68. The molecule has 1 aromatic rings. The molecule has 0 aliphatic heterocycles. The fourth-order valence-electron chi connectivity index (χ4n) is 1.39. The Kier molecular flexibility index (Phi) is 3.94. The highest BCUT2D eigenvalue weighted by molar-refractivity contribution is 5.14. The quantitative estimate of drug-likeness (QED) is 0.816. The topological polar surface area (TPSA) is 42.6 Å². The number of hydrogen-bond acceptors (Lipinski definition) is 3. The Bertz CT molecular complexity index is 302. The standard InChI is InChI=1S/C12H20O3/c1-9-7-10(8-15-9)11(13)5-6-12(2,3)14-4/h7-8,11,13H,5-6H2,1-4H3. The number of methoxy groups -OCH3 is 1. The Morgan fingerprint density at radius 3 is 2.67 bits per heavy atom. The number of rotatable bonds is 5. The average molecular weight is 212 g/mol. The van der Waals surface area contributed by atoms with Gasteiger partial charge in [-0.1, -0.05) is 0 Å². The van der Waals surface area contributed by atoms with E-state index in [0.29, 0.717) is 6.42 Å². The number of hydrogen-bond donors (Lipinski definition) is 1. The van der Waals surface area contributed by atoms with Crippen LogP contribution in [0.25, 0.3) is 0 Å². The highest BCUT2D eigenvalue weighted by Gasteiger charge is 2.19. The molecule has 1 N–H and O–H groups in total. The van der Waals surface area contributed by atoms with Gasteiger partial charge in [0.2, 0.25) is 0 Å². The third-order valence-electron chi connectivity index (χ3n) is 2.71. The molecule has 1 atom stereocenters. The minimum atomic E-state index is -0.461. The van der Waals surface area contributed by atoms with Crippen molar-refractivity contribution in [2.75, 3.05) is 7.11 Å². The van der Waals surface area contributed by atoms with Crippen molar-refractivity contribution in [3.63, 3.8) is 0 Å². The van der Waals surface area contributed by atoms with Crippen molar-refractivity contribution in [3.8, 4) is 0 Å². The first-order chi connectivity index (χ1) is 6.94. The van der Waals surface area contributed by atoms with Crippen molar-refractivity contribution in [1.82, 2.24) is 0 Å². The summed E-state index contributed by atoms with van der Waals surface area (Å²) in [6.45, 7) is 5.90. The van der Waals surface area contributed by atoms with Crippen LogP contribution in [0.15, 0.2) is 16.7 Å². The van der Waals surface area contributed by atoms with Crippen LogP contribution in [-0.4, -0.2) is 17.8 Å². The molecule has 86 valence electrons. The zero-order valence-electron chi connectivity index (χ0n) is 9.91. The van der Waals surface area contributed by atoms with Crippen molar-refractivity contribution in [2.45, 2.75) is 45.3 Å². The molecule has 15 heavy (non-hydrogen) atoms. The summed E-state index contributed by atoms with van der Waals surface area (Å²) in [4.78, 5) is 0. The zero-order valence-corrected chi connectivity index (χ0v) is 9.91. The molecule has 1 heterocycles. The van der Waals surface area contributed by atoms with Gasteiger partial charge in [-0.25, -0.2) is 0 Å². The molecule has 0 saturated carbocycles. The van der Waals surface area contributed by atoms with Crippen LogP contribution in [0.5, 0.6) is 0 Å². The van der Waals surface area contributed by atoms with Gasteiger partial charge >= 0.3 is 0 Å². The third-order valence-corrected chi connectivity index (χ3v) is 2.71. The molecule has 1 rings (SSSR count). The van der Waals surface area contributed by atoms with E-state index in [1.807, 2.05) is 26.8 Å². The lowest BCUT2D eigenvalue weighted by Crippen LogP contribution is -2.23. The van der Waals surface area contributed by atoms with Crippen molar-refractivity contribution < 1.29 is 14.3 Å². The SMILES string of the molecule is COC(C)(C)CCC(O)c1coc(C)c1. The number of aliphatic hydroxyl groups excluding tert-OH is 1. The predicted octanol–water partition coefficient (Wildman–Crippen LogP) is 2.83. The summed E-state index contributed by atoms with van der Waals surface area (Å²) < 4.78 is 10.4. The van der Waals surface area contributed by atoms with E-state index >= 15 is 0 Å². The van der Waals surface area contributed by atoms with Crippen LogP contribution in [0.4, 0.5) is 0 Å². The van der Waals surface area contributed by atoms with E-state index in [-0.39, 0.29) is 5.60 Å². The summed E-state index contributed by atoms with van der Waals surface area (Å²) in [6.07, 6.45) is 2.64. The highest BCUT2D eigenvalue weighted by Crippen LogP contribution is 2.25. The first kappa shape index (κ1) is 12.3. The summed E-state index contributed by atoms with van der Waals surface area (Å²) in [5.41, 5.74) is 0.666. The molecule has 3 heteroatoms. The first-order valence-electron chi connectivity index (χ1n) is 5.23. The van der Waals surface area contributed by atoms with E-state index in [9.17, 15) is 5.11 Å². The van der Waals surface area contributed by atoms with Gasteiger partial charge in [-0.2, -0.15) is 0 Å². The molecule has 0 aliphatic rings. The van der Waals surface area contributed by atoms with Crippen LogP contribution in [0.1, 0.15) is 44.1 Å². The lowest BCUT2D eigenvalue weighted by molar-refractivity contribution is 0.00274. The first-order valence-corrected chi connectivity index (χ1v) is 5.23. The summed E-state index contributed by atoms with van der Waals surface area (Å²) in [6, 6.07) is 1.87. The van der Waals surface area contributed by atoms with Gasteiger partial charge in [0.15, 0.2) is 0 Å². The molecule has 1 unspecified atom stereocenters. The van der Waals surface area contributed by atoms with E-state index in [0.717, 1.165) is 17.7 Å². The van der Waals surface area contributed by atoms with Crippen LogP contribution in [0.3, 0.4) is 0 Å². The van der Waals surface area contributed by atoms with Gasteiger partial charge in [0, 0.05) is 12.7 Å². The second-order valence-corrected chi connectivity index (χ2v) is 4.51. The molecule has 0 aliphatic carbocycles. The lowest BCUT2D eigenvalue weighted by atomic mass is 9.98. The second-order valence-electron chi connectivity index (χ2n) is 4.51. The maximum absolute atomic E-state index is 9.88. The van der Waals surface area contributed by atoms with Crippen molar-refractivity contribution in [2.24, 2.45) is 0 Å². The smallest absolute Gasteiger partial charge is 0.101 e. The van der Waals surface area contributed by atoms with Crippen LogP contribution in [0.2, 0.25) is 0 Å². The summed E-state index contributed by atoms with van der Waals surface area (Å²) in [5.74, 6) is 0.829. The van der Waals surface area contributed by atoms with Gasteiger partial charge in [0.05, 0.1) is 18.0 Å². The molecule has 0 amide bonds. The molecule has 0 bridgehead atoms. The largest absolute Gasteiger partial charge is 0.469 e. The van der Waals surface area contributed by atoms with Crippen LogP contribution >= 0.6 is 0 Å². The molecule has 3 nitrogen and oxygen atoms in total. The molecule has 1 aromatic heterocycles. The van der Waals surface area contributed by atoms with Gasteiger partial charge in [0.25, 0.3) is 0 Å².